The number of carboxylic acids is 1. The van der Waals surface area contributed by atoms with Gasteiger partial charge in [-0.3, -0.25) is 14.4 Å². The second-order valence-corrected chi connectivity index (χ2v) is 9.30. The number of aliphatic carboxylic acids is 1. The van der Waals surface area contributed by atoms with Crippen molar-refractivity contribution in [2.24, 2.45) is 0 Å². The number of amides is 4. The van der Waals surface area contributed by atoms with Gasteiger partial charge >= 0.3 is 12.0 Å². The predicted molar refractivity (Wildman–Crippen MR) is 152 cm³/mol. The van der Waals surface area contributed by atoms with Crippen LogP contribution in [-0.2, 0) is 27.3 Å². The lowest BCUT2D eigenvalue weighted by atomic mass is 10.1. The Balaban J connectivity index is 1.61. The average molecular weight is 547 g/mol. The molecule has 0 aromatic heterocycles. The van der Waals surface area contributed by atoms with Gasteiger partial charge in [-0.05, 0) is 41.8 Å². The van der Waals surface area contributed by atoms with Gasteiger partial charge in [-0.1, -0.05) is 54.6 Å². The van der Waals surface area contributed by atoms with E-state index in [1.54, 1.807) is 24.3 Å². The van der Waals surface area contributed by atoms with Crippen LogP contribution in [0, 0.1) is 6.92 Å². The maximum Gasteiger partial charge on any atom is 0.323 e. The van der Waals surface area contributed by atoms with Gasteiger partial charge in [0.15, 0.2) is 0 Å². The molecule has 0 saturated carbocycles. The van der Waals surface area contributed by atoms with Crippen molar-refractivity contribution in [3.63, 3.8) is 0 Å². The molecule has 3 aromatic carbocycles. The maximum absolute atomic E-state index is 13.0. The number of carbonyl (C=O) groups excluding carboxylic acids is 3. The summed E-state index contributed by atoms with van der Waals surface area (Å²) in [6.07, 6.45) is -0.191. The molecule has 0 heterocycles. The molecule has 3 N–H and O–H groups in total. The molecule has 0 saturated heterocycles. The van der Waals surface area contributed by atoms with Gasteiger partial charge in [0, 0.05) is 25.8 Å². The number of benzene rings is 3. The molecule has 3 rings (SSSR count). The van der Waals surface area contributed by atoms with Crippen molar-refractivity contribution in [2.75, 3.05) is 37.9 Å². The lowest BCUT2D eigenvalue weighted by Gasteiger charge is -2.25. The molecule has 4 amide bonds. The molecule has 40 heavy (non-hydrogen) atoms. The van der Waals surface area contributed by atoms with Crippen LogP contribution in [0.5, 0.6) is 5.75 Å². The zero-order valence-electron chi connectivity index (χ0n) is 22.8. The Labute approximate surface area is 233 Å². The summed E-state index contributed by atoms with van der Waals surface area (Å²) in [7, 11) is 3.00. The summed E-state index contributed by atoms with van der Waals surface area (Å²) in [4.78, 5) is 52.3. The number of methoxy groups -OCH3 is 1. The van der Waals surface area contributed by atoms with Crippen molar-refractivity contribution in [1.82, 2.24) is 9.80 Å². The first-order valence-corrected chi connectivity index (χ1v) is 12.7. The van der Waals surface area contributed by atoms with Gasteiger partial charge in [0.25, 0.3) is 0 Å². The molecule has 10 nitrogen and oxygen atoms in total. The second-order valence-electron chi connectivity index (χ2n) is 9.30. The first-order valence-electron chi connectivity index (χ1n) is 12.7. The van der Waals surface area contributed by atoms with Gasteiger partial charge in [-0.2, -0.15) is 0 Å². The second kappa shape index (κ2) is 14.3. The quantitative estimate of drug-likeness (QED) is 0.313. The standard InChI is InChI=1S/C30H34N4O6/c1-21-9-7-8-12-24(21)31-30(39)32-25-14-13-23(17-26(25)40-3)18-27(35)33(2)20-28(36)34(16-15-29(37)38)19-22-10-5-4-6-11-22/h4-14,17H,15-16,18-20H2,1-3H3,(H,37,38)(H2,31,32,39). The lowest BCUT2D eigenvalue weighted by molar-refractivity contribution is -0.141. The number of nitrogens with one attached hydrogen (secondary N) is 2. The molecule has 210 valence electrons. The SMILES string of the molecule is COc1cc(CC(=O)N(C)CC(=O)N(CCC(=O)O)Cc2ccccc2)ccc1NC(=O)Nc1ccccc1C. The number of aryl methyl sites for hydroxylation is 1. The van der Waals surface area contributed by atoms with Gasteiger partial charge in [0.05, 0.1) is 32.2 Å². The molecule has 0 unspecified atom stereocenters. The van der Waals surface area contributed by atoms with Crippen molar-refractivity contribution in [3.05, 3.63) is 89.5 Å². The molecule has 0 fully saturated rings. The smallest absolute Gasteiger partial charge is 0.323 e. The highest BCUT2D eigenvalue weighted by Gasteiger charge is 2.20. The van der Waals surface area contributed by atoms with E-state index < -0.39 is 12.0 Å². The van der Waals surface area contributed by atoms with E-state index in [1.165, 1.54) is 24.0 Å². The van der Waals surface area contributed by atoms with Crippen LogP contribution in [0.25, 0.3) is 0 Å². The predicted octanol–water partition coefficient (Wildman–Crippen LogP) is 4.15. The van der Waals surface area contributed by atoms with E-state index in [9.17, 15) is 19.2 Å². The van der Waals surface area contributed by atoms with Crippen LogP contribution in [0.15, 0.2) is 72.8 Å². The van der Waals surface area contributed by atoms with Gasteiger partial charge in [0.1, 0.15) is 5.75 Å². The lowest BCUT2D eigenvalue weighted by Crippen LogP contribution is -2.42. The van der Waals surface area contributed by atoms with E-state index >= 15 is 0 Å². The first-order chi connectivity index (χ1) is 19.2. The Morgan fingerprint density at radius 2 is 1.52 bits per heavy atom. The number of carbonyl (C=O) groups is 4. The molecule has 0 bridgehead atoms. The molecule has 0 radical (unpaired) electrons. The molecule has 3 aromatic rings. The van der Waals surface area contributed by atoms with Gasteiger partial charge in [-0.15, -0.1) is 0 Å². The number of carboxylic acid groups (broad SMARTS) is 1. The van der Waals surface area contributed by atoms with Crippen LogP contribution in [0.4, 0.5) is 16.2 Å². The summed E-state index contributed by atoms with van der Waals surface area (Å²) in [5.74, 6) is -1.27. The highest BCUT2D eigenvalue weighted by molar-refractivity contribution is 6.01. The minimum Gasteiger partial charge on any atom is -0.495 e. The number of likely N-dealkylation sites (N-methyl/N-ethyl adjacent to an activating group) is 1. The number of urea groups is 1. The largest absolute Gasteiger partial charge is 0.495 e. The van der Waals surface area contributed by atoms with Crippen molar-refractivity contribution >= 4 is 35.2 Å². The van der Waals surface area contributed by atoms with Crippen molar-refractivity contribution < 1.29 is 29.0 Å². The fraction of sp³-hybridized carbons (Fsp3) is 0.267. The summed E-state index contributed by atoms with van der Waals surface area (Å²) < 4.78 is 5.43. The summed E-state index contributed by atoms with van der Waals surface area (Å²) in [6.45, 7) is 1.98. The van der Waals surface area contributed by atoms with Crippen molar-refractivity contribution in [3.8, 4) is 5.75 Å². The monoisotopic (exact) mass is 546 g/mol. The van der Waals surface area contributed by atoms with Crippen LogP contribution in [0.2, 0.25) is 0 Å². The van der Waals surface area contributed by atoms with E-state index in [1.807, 2.05) is 55.5 Å². The van der Waals surface area contributed by atoms with Crippen LogP contribution < -0.4 is 15.4 Å². The summed E-state index contributed by atoms with van der Waals surface area (Å²) >= 11 is 0. The number of hydrogen-bond acceptors (Lipinski definition) is 5. The topological polar surface area (TPSA) is 128 Å². The molecular weight excluding hydrogens is 512 g/mol. The number of anilines is 2. The number of ether oxygens (including phenoxy) is 1. The van der Waals surface area contributed by atoms with E-state index in [0.29, 0.717) is 22.7 Å². The zero-order chi connectivity index (χ0) is 29.1. The van der Waals surface area contributed by atoms with E-state index in [2.05, 4.69) is 10.6 Å². The summed E-state index contributed by atoms with van der Waals surface area (Å²) in [5.41, 5.74) is 3.54. The number of rotatable bonds is 12. The minimum absolute atomic E-state index is 0.00361. The normalized spacial score (nSPS) is 10.4. The van der Waals surface area contributed by atoms with Crippen LogP contribution in [-0.4, -0.2) is 66.0 Å². The van der Waals surface area contributed by atoms with Crippen LogP contribution in [0.3, 0.4) is 0 Å². The third-order valence-corrected chi connectivity index (χ3v) is 6.23. The minimum atomic E-state index is -1.00. The zero-order valence-corrected chi connectivity index (χ0v) is 22.8. The molecular formula is C30H34N4O6. The number of hydrogen-bond donors (Lipinski definition) is 3. The Hall–Kier alpha value is -4.86. The van der Waals surface area contributed by atoms with Gasteiger partial charge in [-0.25, -0.2) is 4.79 Å². The highest BCUT2D eigenvalue weighted by atomic mass is 16.5. The average Bonchev–Trinajstić information content (AvgIpc) is 2.93. The number of nitrogens with zero attached hydrogens (tertiary/aromatic N) is 2. The Bertz CT molecular complexity index is 1350. The Kier molecular flexibility index (Phi) is 10.6. The molecule has 10 heteroatoms. The van der Waals surface area contributed by atoms with E-state index in [-0.39, 0.29) is 44.3 Å². The number of para-hydroxylation sites is 1. The van der Waals surface area contributed by atoms with E-state index in [4.69, 9.17) is 9.84 Å². The fourth-order valence-electron chi connectivity index (χ4n) is 3.96. The van der Waals surface area contributed by atoms with Crippen LogP contribution in [0.1, 0.15) is 23.1 Å². The maximum atomic E-state index is 13.0. The Morgan fingerprint density at radius 3 is 2.20 bits per heavy atom. The summed E-state index contributed by atoms with van der Waals surface area (Å²) in [5, 5.41) is 14.6. The van der Waals surface area contributed by atoms with E-state index in [0.717, 1.165) is 11.1 Å². The molecule has 0 atom stereocenters. The summed E-state index contributed by atoms with van der Waals surface area (Å²) in [6, 6.07) is 21.2. The fourth-order valence-corrected chi connectivity index (χ4v) is 3.96. The molecule has 0 aliphatic rings. The van der Waals surface area contributed by atoms with Crippen LogP contribution >= 0.6 is 0 Å². The van der Waals surface area contributed by atoms with Crippen molar-refractivity contribution in [1.29, 1.82) is 0 Å². The molecule has 0 aliphatic carbocycles. The highest BCUT2D eigenvalue weighted by Crippen LogP contribution is 2.26. The third-order valence-electron chi connectivity index (χ3n) is 6.23. The molecule has 0 spiro atoms. The molecule has 0 aliphatic heterocycles. The first kappa shape index (κ1) is 29.7. The van der Waals surface area contributed by atoms with Crippen molar-refractivity contribution in [2.45, 2.75) is 26.3 Å². The van der Waals surface area contributed by atoms with Gasteiger partial charge < -0.3 is 30.3 Å². The third kappa shape index (κ3) is 8.87. The Morgan fingerprint density at radius 1 is 0.850 bits per heavy atom. The van der Waals surface area contributed by atoms with Gasteiger partial charge in [0.2, 0.25) is 11.8 Å².